The topological polar surface area (TPSA) is 57.2 Å². The Morgan fingerprint density at radius 3 is 2.40 bits per heavy atom. The molecule has 130 valence electrons. The normalized spacial score (nSPS) is 15.2. The van der Waals surface area contributed by atoms with Gasteiger partial charge in [-0.15, -0.1) is 0 Å². The Morgan fingerprint density at radius 2 is 1.72 bits per heavy atom. The molecule has 0 saturated carbocycles. The number of rotatable bonds is 2. The third-order valence-corrected chi connectivity index (χ3v) is 4.62. The maximum atomic E-state index is 13.9. The SMILES string of the molecule is Cn1ncc2c(=O)[nH]c(N3CCN(c4c(F)cccc4F)CC3)cc21. The van der Waals surface area contributed by atoms with Gasteiger partial charge in [0.2, 0.25) is 0 Å². The van der Waals surface area contributed by atoms with Gasteiger partial charge >= 0.3 is 0 Å². The van der Waals surface area contributed by atoms with Gasteiger partial charge in [-0.25, -0.2) is 8.78 Å². The monoisotopic (exact) mass is 345 g/mol. The molecule has 25 heavy (non-hydrogen) atoms. The Morgan fingerprint density at radius 1 is 1.08 bits per heavy atom. The number of halogens is 2. The first-order valence-corrected chi connectivity index (χ1v) is 8.03. The number of para-hydroxylation sites is 1. The van der Waals surface area contributed by atoms with Crippen LogP contribution in [0.3, 0.4) is 0 Å². The highest BCUT2D eigenvalue weighted by atomic mass is 19.1. The maximum absolute atomic E-state index is 13.9. The molecule has 2 aromatic heterocycles. The second-order valence-electron chi connectivity index (χ2n) is 6.10. The Balaban J connectivity index is 1.58. The van der Waals surface area contributed by atoms with Gasteiger partial charge in [-0.1, -0.05) is 6.07 Å². The van der Waals surface area contributed by atoms with Gasteiger partial charge in [-0.05, 0) is 12.1 Å². The summed E-state index contributed by atoms with van der Waals surface area (Å²) in [6.45, 7) is 2.02. The quantitative estimate of drug-likeness (QED) is 0.770. The van der Waals surface area contributed by atoms with E-state index >= 15 is 0 Å². The Bertz CT molecular complexity index is 968. The molecule has 1 saturated heterocycles. The van der Waals surface area contributed by atoms with E-state index in [4.69, 9.17) is 0 Å². The van der Waals surface area contributed by atoms with E-state index in [0.29, 0.717) is 37.4 Å². The predicted octanol–water partition coefficient (Wildman–Crippen LogP) is 1.87. The summed E-state index contributed by atoms with van der Waals surface area (Å²) in [4.78, 5) is 18.7. The lowest BCUT2D eigenvalue weighted by Gasteiger charge is -2.37. The van der Waals surface area contributed by atoms with Crippen LogP contribution < -0.4 is 15.4 Å². The summed E-state index contributed by atoms with van der Waals surface area (Å²) in [5.74, 6) is -0.425. The molecule has 0 bridgehead atoms. The van der Waals surface area contributed by atoms with Crippen molar-refractivity contribution >= 4 is 22.4 Å². The largest absolute Gasteiger partial charge is 0.363 e. The molecule has 0 aliphatic carbocycles. The number of anilines is 2. The molecule has 8 heteroatoms. The number of hydrogen-bond donors (Lipinski definition) is 1. The average Bonchev–Trinajstić information content (AvgIpc) is 2.97. The number of H-pyrrole nitrogens is 1. The number of nitrogens with one attached hydrogen (secondary N) is 1. The first kappa shape index (κ1) is 15.6. The average molecular weight is 345 g/mol. The first-order valence-electron chi connectivity index (χ1n) is 8.03. The molecule has 6 nitrogen and oxygen atoms in total. The summed E-state index contributed by atoms with van der Waals surface area (Å²) in [7, 11) is 1.78. The zero-order chi connectivity index (χ0) is 17.6. The van der Waals surface area contributed by atoms with Gasteiger partial charge < -0.3 is 14.8 Å². The molecule has 0 atom stereocenters. The molecule has 1 fully saturated rings. The fourth-order valence-corrected chi connectivity index (χ4v) is 3.27. The van der Waals surface area contributed by atoms with Crippen molar-refractivity contribution in [3.05, 3.63) is 52.5 Å². The zero-order valence-electron chi connectivity index (χ0n) is 13.7. The number of pyridine rings is 1. The van der Waals surface area contributed by atoms with Gasteiger partial charge in [0, 0.05) is 39.3 Å². The smallest absolute Gasteiger partial charge is 0.260 e. The zero-order valence-corrected chi connectivity index (χ0v) is 13.7. The number of fused-ring (bicyclic) bond motifs is 1. The molecule has 0 amide bonds. The third kappa shape index (κ3) is 2.63. The minimum Gasteiger partial charge on any atom is -0.363 e. The van der Waals surface area contributed by atoms with Crippen molar-refractivity contribution in [2.75, 3.05) is 36.0 Å². The summed E-state index contributed by atoms with van der Waals surface area (Å²) in [5.41, 5.74) is 0.572. The number of benzene rings is 1. The van der Waals surface area contributed by atoms with Gasteiger partial charge in [-0.2, -0.15) is 5.10 Å². The van der Waals surface area contributed by atoms with Crippen LogP contribution in [0.25, 0.3) is 10.9 Å². The van der Waals surface area contributed by atoms with Crippen LogP contribution in [0.1, 0.15) is 0 Å². The van der Waals surface area contributed by atoms with E-state index in [1.165, 1.54) is 24.4 Å². The second-order valence-corrected chi connectivity index (χ2v) is 6.10. The van der Waals surface area contributed by atoms with E-state index in [1.54, 1.807) is 16.6 Å². The molecule has 3 aromatic rings. The number of aromatic amines is 1. The number of aryl methyl sites for hydroxylation is 1. The van der Waals surface area contributed by atoms with Gasteiger partial charge in [0.1, 0.15) is 23.1 Å². The van der Waals surface area contributed by atoms with Crippen LogP contribution in [0.2, 0.25) is 0 Å². The summed E-state index contributed by atoms with van der Waals surface area (Å²) < 4.78 is 29.5. The van der Waals surface area contributed by atoms with E-state index in [0.717, 1.165) is 5.52 Å². The van der Waals surface area contributed by atoms with E-state index in [1.807, 2.05) is 11.0 Å². The highest BCUT2D eigenvalue weighted by Crippen LogP contribution is 2.25. The predicted molar refractivity (Wildman–Crippen MR) is 92.1 cm³/mol. The Kier molecular flexibility index (Phi) is 3.67. The minimum absolute atomic E-state index is 0.0118. The van der Waals surface area contributed by atoms with Crippen molar-refractivity contribution in [1.29, 1.82) is 0 Å². The summed E-state index contributed by atoms with van der Waals surface area (Å²) in [6.07, 6.45) is 1.54. The lowest BCUT2D eigenvalue weighted by molar-refractivity contribution is 0.556. The summed E-state index contributed by atoms with van der Waals surface area (Å²) >= 11 is 0. The third-order valence-electron chi connectivity index (χ3n) is 4.62. The minimum atomic E-state index is -0.557. The lowest BCUT2D eigenvalue weighted by atomic mass is 10.2. The Hall–Kier alpha value is -2.90. The van der Waals surface area contributed by atoms with Gasteiger partial charge in [0.05, 0.1) is 17.1 Å². The van der Waals surface area contributed by atoms with Gasteiger partial charge in [0.15, 0.2) is 0 Å². The number of aromatic nitrogens is 3. The molecule has 4 rings (SSSR count). The molecule has 0 radical (unpaired) electrons. The van der Waals surface area contributed by atoms with Crippen LogP contribution >= 0.6 is 0 Å². The second kappa shape index (κ2) is 5.87. The molecule has 3 heterocycles. The number of nitrogens with zero attached hydrogens (tertiary/aromatic N) is 4. The fourth-order valence-electron chi connectivity index (χ4n) is 3.27. The molecule has 1 N–H and O–H groups in total. The fraction of sp³-hybridized carbons (Fsp3) is 0.294. The van der Waals surface area contributed by atoms with Gasteiger partial charge in [-0.3, -0.25) is 9.48 Å². The van der Waals surface area contributed by atoms with E-state index in [2.05, 4.69) is 10.1 Å². The molecular formula is C17H17F2N5O. The van der Waals surface area contributed by atoms with Gasteiger partial charge in [0.25, 0.3) is 5.56 Å². The van der Waals surface area contributed by atoms with Crippen LogP contribution in [0, 0.1) is 11.6 Å². The molecule has 1 aromatic carbocycles. The lowest BCUT2D eigenvalue weighted by Crippen LogP contribution is -2.47. The standard InChI is InChI=1S/C17H17F2N5O/c1-22-14-9-15(21-17(25)11(14)10-20-22)23-5-7-24(8-6-23)16-12(18)3-2-4-13(16)19/h2-4,9-10H,5-8H2,1H3,(H,21,25). The van der Waals surface area contributed by atoms with Crippen LogP contribution in [0.5, 0.6) is 0 Å². The maximum Gasteiger partial charge on any atom is 0.260 e. The van der Waals surface area contributed by atoms with Crippen LogP contribution in [-0.2, 0) is 7.05 Å². The van der Waals surface area contributed by atoms with Crippen LogP contribution in [0.4, 0.5) is 20.3 Å². The Labute approximate surface area is 142 Å². The van der Waals surface area contributed by atoms with Crippen molar-refractivity contribution in [3.63, 3.8) is 0 Å². The first-order chi connectivity index (χ1) is 12.0. The molecule has 0 unspecified atom stereocenters. The molecular weight excluding hydrogens is 328 g/mol. The van der Waals surface area contributed by atoms with Crippen LogP contribution in [0.15, 0.2) is 35.3 Å². The number of hydrogen-bond acceptors (Lipinski definition) is 4. The van der Waals surface area contributed by atoms with E-state index in [-0.39, 0.29) is 11.2 Å². The van der Waals surface area contributed by atoms with E-state index < -0.39 is 11.6 Å². The van der Waals surface area contributed by atoms with Crippen molar-refractivity contribution in [2.24, 2.45) is 7.05 Å². The van der Waals surface area contributed by atoms with Crippen LogP contribution in [-0.4, -0.2) is 40.9 Å². The van der Waals surface area contributed by atoms with Crippen molar-refractivity contribution in [2.45, 2.75) is 0 Å². The summed E-state index contributed by atoms with van der Waals surface area (Å²) in [5, 5.41) is 4.64. The highest BCUT2D eigenvalue weighted by Gasteiger charge is 2.23. The molecule has 1 aliphatic rings. The van der Waals surface area contributed by atoms with Crippen molar-refractivity contribution < 1.29 is 8.78 Å². The summed E-state index contributed by atoms with van der Waals surface area (Å²) in [6, 6.07) is 5.76. The van der Waals surface area contributed by atoms with Crippen molar-refractivity contribution in [1.82, 2.24) is 14.8 Å². The highest BCUT2D eigenvalue weighted by molar-refractivity contribution is 5.80. The molecule has 0 spiro atoms. The number of piperazine rings is 1. The van der Waals surface area contributed by atoms with E-state index in [9.17, 15) is 13.6 Å². The molecule has 1 aliphatic heterocycles. The van der Waals surface area contributed by atoms with Crippen molar-refractivity contribution in [3.8, 4) is 0 Å².